The van der Waals surface area contributed by atoms with Crippen molar-refractivity contribution >= 4 is 21.6 Å². The molecule has 0 N–H and O–H groups in total. The quantitative estimate of drug-likeness (QED) is 0.0370. The first kappa shape index (κ1) is 57.2. The zero-order valence-corrected chi connectivity index (χ0v) is 44.7. The van der Waals surface area contributed by atoms with E-state index in [1.807, 2.05) is 21.6 Å². The predicted octanol–water partition coefficient (Wildman–Crippen LogP) is 19.6. The van der Waals surface area contributed by atoms with Crippen molar-refractivity contribution in [1.29, 1.82) is 0 Å². The third-order valence-electron chi connectivity index (χ3n) is 13.9. The Bertz CT molecular complexity index is 1170. The molecule has 2 rings (SSSR count). The van der Waals surface area contributed by atoms with E-state index in [9.17, 15) is 0 Å². The first-order valence-electron chi connectivity index (χ1n) is 27.5. The van der Waals surface area contributed by atoms with E-state index in [1.165, 1.54) is 275 Å². The third kappa shape index (κ3) is 26.9. The molecule has 0 radical (unpaired) electrons. The molecule has 0 saturated carbocycles. The van der Waals surface area contributed by atoms with Crippen molar-refractivity contribution in [2.45, 2.75) is 271 Å². The van der Waals surface area contributed by atoms with Crippen LogP contribution in [0.2, 0.25) is 0 Å². The fourth-order valence-corrected chi connectivity index (χ4v) is 12.5. The monoisotopic (exact) mass is 895 g/mol. The molecule has 358 valence electrons. The number of unbranched alkanes of at least 4 members (excludes halogenated alkanes) is 24. The molecular weight excluding hydrogens is 789 g/mol. The standard InChI is InChI=1S/C58H106N2S2/c1-9-15-21-27-33-39-59(40-34-28-22-16-10-2,41-35-29-23-17-11-3)51-55-45-53(7)47-57(49-55)61-62-58-48-54(8)46-56(50-58)52-60(42-36-30-24-18-12-4,43-37-31-25-19-13-5)44-38-32-26-20-14-6/h45-50H,9-44,51-52H2,1-8H3/q+2. The van der Waals surface area contributed by atoms with Gasteiger partial charge in [0.15, 0.2) is 0 Å². The molecule has 0 atom stereocenters. The molecule has 0 spiro atoms. The van der Waals surface area contributed by atoms with Crippen molar-refractivity contribution in [3.05, 3.63) is 58.7 Å². The Morgan fingerprint density at radius 1 is 0.290 bits per heavy atom. The van der Waals surface area contributed by atoms with Crippen molar-refractivity contribution in [1.82, 2.24) is 0 Å². The van der Waals surface area contributed by atoms with Gasteiger partial charge in [-0.1, -0.05) is 191 Å². The lowest BCUT2D eigenvalue weighted by molar-refractivity contribution is -0.941. The maximum atomic E-state index is 2.59. The van der Waals surface area contributed by atoms with Crippen LogP contribution in [0.3, 0.4) is 0 Å². The van der Waals surface area contributed by atoms with Crippen LogP contribution >= 0.6 is 21.6 Å². The number of aryl methyl sites for hydroxylation is 2. The van der Waals surface area contributed by atoms with Gasteiger partial charge in [-0.2, -0.15) is 0 Å². The molecule has 4 heteroatoms. The van der Waals surface area contributed by atoms with Gasteiger partial charge in [0.1, 0.15) is 13.1 Å². The van der Waals surface area contributed by atoms with Gasteiger partial charge in [-0.05, 0) is 126 Å². The minimum Gasteiger partial charge on any atom is -0.320 e. The third-order valence-corrected chi connectivity index (χ3v) is 16.3. The fraction of sp³-hybridized carbons (Fsp3) is 0.793. The molecule has 0 unspecified atom stereocenters. The number of hydrogen-bond acceptors (Lipinski definition) is 2. The summed E-state index contributed by atoms with van der Waals surface area (Å²) >= 11 is 0. The minimum absolute atomic E-state index is 1.21. The number of nitrogens with zero attached hydrogens (tertiary/aromatic N) is 2. The maximum Gasteiger partial charge on any atom is 0.104 e. The molecule has 0 aromatic heterocycles. The lowest BCUT2D eigenvalue weighted by Gasteiger charge is -2.40. The molecular formula is C58H106N2S2+2. The van der Waals surface area contributed by atoms with Gasteiger partial charge in [0.25, 0.3) is 0 Å². The summed E-state index contributed by atoms with van der Waals surface area (Å²) < 4.78 is 2.62. The van der Waals surface area contributed by atoms with Crippen LogP contribution in [0.1, 0.15) is 256 Å². The molecule has 2 nitrogen and oxygen atoms in total. The lowest BCUT2D eigenvalue weighted by Crippen LogP contribution is -2.49. The first-order valence-corrected chi connectivity index (χ1v) is 29.7. The number of rotatable bonds is 43. The van der Waals surface area contributed by atoms with Gasteiger partial charge in [-0.25, -0.2) is 0 Å². The van der Waals surface area contributed by atoms with Crippen LogP contribution in [0.5, 0.6) is 0 Å². The first-order chi connectivity index (χ1) is 30.3. The van der Waals surface area contributed by atoms with E-state index in [0.29, 0.717) is 0 Å². The molecule has 62 heavy (non-hydrogen) atoms. The van der Waals surface area contributed by atoms with E-state index in [2.05, 4.69) is 91.8 Å². The SMILES string of the molecule is CCCCCCC[N+](CCCCCCC)(CCCCCCC)Cc1cc(C)cc(SSc2cc(C)cc(C[N+](CCCCCCC)(CCCCCCC)CCCCCCC)c2)c1. The Morgan fingerprint density at radius 2 is 0.516 bits per heavy atom. The highest BCUT2D eigenvalue weighted by Gasteiger charge is 2.29. The van der Waals surface area contributed by atoms with Crippen molar-refractivity contribution in [3.63, 3.8) is 0 Å². The summed E-state index contributed by atoms with van der Waals surface area (Å²) in [7, 11) is 4.03. The van der Waals surface area contributed by atoms with Gasteiger partial charge < -0.3 is 8.97 Å². The Hall–Kier alpha value is -0.940. The van der Waals surface area contributed by atoms with Crippen molar-refractivity contribution in [2.75, 3.05) is 39.3 Å². The summed E-state index contributed by atoms with van der Waals surface area (Å²) in [5.41, 5.74) is 6.02. The number of quaternary nitrogens is 2. The number of benzene rings is 2. The summed E-state index contributed by atoms with van der Waals surface area (Å²) in [5, 5.41) is 0. The summed E-state index contributed by atoms with van der Waals surface area (Å²) in [4.78, 5) is 2.88. The average Bonchev–Trinajstić information content (AvgIpc) is 3.25. The van der Waals surface area contributed by atoms with Gasteiger partial charge in [0.05, 0.1) is 39.3 Å². The van der Waals surface area contributed by atoms with E-state index in [0.717, 1.165) is 0 Å². The van der Waals surface area contributed by atoms with Gasteiger partial charge in [-0.3, -0.25) is 0 Å². The Kier molecular flexibility index (Phi) is 34.3. The Labute approximate surface area is 397 Å². The highest BCUT2D eigenvalue weighted by molar-refractivity contribution is 8.76. The zero-order chi connectivity index (χ0) is 45.0. The van der Waals surface area contributed by atoms with Crippen molar-refractivity contribution < 1.29 is 8.97 Å². The maximum absolute atomic E-state index is 2.59. The fourth-order valence-electron chi connectivity index (χ4n) is 10.2. The highest BCUT2D eigenvalue weighted by atomic mass is 33.1. The van der Waals surface area contributed by atoms with Crippen LogP contribution in [-0.4, -0.2) is 48.2 Å². The Morgan fingerprint density at radius 3 is 0.742 bits per heavy atom. The smallest absolute Gasteiger partial charge is 0.104 e. The summed E-state index contributed by atoms with van der Waals surface area (Å²) in [6.07, 6.45) is 41.5. The second-order valence-corrected chi connectivity index (χ2v) is 22.6. The van der Waals surface area contributed by atoms with Crippen molar-refractivity contribution in [2.24, 2.45) is 0 Å². The molecule has 0 amide bonds. The van der Waals surface area contributed by atoms with E-state index in [4.69, 9.17) is 0 Å². The summed E-state index contributed by atoms with van der Waals surface area (Å²) in [6.45, 7) is 29.4. The van der Waals surface area contributed by atoms with E-state index >= 15 is 0 Å². The van der Waals surface area contributed by atoms with Crippen LogP contribution in [0.25, 0.3) is 0 Å². The highest BCUT2D eigenvalue weighted by Crippen LogP contribution is 2.40. The molecule has 0 aliphatic rings. The van der Waals surface area contributed by atoms with Crippen LogP contribution < -0.4 is 0 Å². The number of hydrogen-bond donors (Lipinski definition) is 0. The van der Waals surface area contributed by atoms with Crippen LogP contribution in [-0.2, 0) is 13.1 Å². The summed E-state index contributed by atoms with van der Waals surface area (Å²) in [6, 6.07) is 15.2. The van der Waals surface area contributed by atoms with Gasteiger partial charge in [0.2, 0.25) is 0 Å². The van der Waals surface area contributed by atoms with Crippen LogP contribution in [0.15, 0.2) is 46.2 Å². The second kappa shape index (κ2) is 37.2. The van der Waals surface area contributed by atoms with Gasteiger partial charge in [-0.15, -0.1) is 0 Å². The van der Waals surface area contributed by atoms with E-state index in [1.54, 1.807) is 11.1 Å². The van der Waals surface area contributed by atoms with Crippen LogP contribution in [0, 0.1) is 13.8 Å². The van der Waals surface area contributed by atoms with Gasteiger partial charge >= 0.3 is 0 Å². The average molecular weight is 896 g/mol. The lowest BCUT2D eigenvalue weighted by atomic mass is 10.0. The molecule has 0 aliphatic carbocycles. The minimum atomic E-state index is 1.21. The summed E-state index contributed by atoms with van der Waals surface area (Å²) in [5.74, 6) is 0. The molecule has 2 aromatic carbocycles. The molecule has 2 aromatic rings. The molecule has 0 bridgehead atoms. The topological polar surface area (TPSA) is 0 Å². The largest absolute Gasteiger partial charge is 0.320 e. The molecule has 0 fully saturated rings. The van der Waals surface area contributed by atoms with Gasteiger partial charge in [0, 0.05) is 20.9 Å². The van der Waals surface area contributed by atoms with Crippen LogP contribution in [0.4, 0.5) is 0 Å². The molecule has 0 saturated heterocycles. The normalized spacial score (nSPS) is 12.2. The Balaban J connectivity index is 2.36. The molecule has 0 aliphatic heterocycles. The van der Waals surface area contributed by atoms with E-state index in [-0.39, 0.29) is 0 Å². The van der Waals surface area contributed by atoms with Crippen molar-refractivity contribution in [3.8, 4) is 0 Å². The second-order valence-electron chi connectivity index (χ2n) is 20.3. The van der Waals surface area contributed by atoms with E-state index < -0.39 is 0 Å². The predicted molar refractivity (Wildman–Crippen MR) is 284 cm³/mol. The zero-order valence-electron chi connectivity index (χ0n) is 43.0. The molecule has 0 heterocycles.